The molecule has 2 aliphatic heterocycles. The molecule has 2 heterocycles. The van der Waals surface area contributed by atoms with E-state index in [1.165, 1.54) is 0 Å². The number of hydrogen-bond acceptors (Lipinski definition) is 5. The van der Waals surface area contributed by atoms with Gasteiger partial charge in [-0.2, -0.15) is 0 Å². The quantitative estimate of drug-likeness (QED) is 0.639. The summed E-state index contributed by atoms with van der Waals surface area (Å²) < 4.78 is 10.3. The van der Waals surface area contributed by atoms with Crippen LogP contribution in [0.5, 0.6) is 0 Å². The highest BCUT2D eigenvalue weighted by atomic mass is 16.6. The maximum atomic E-state index is 11.4. The van der Waals surface area contributed by atoms with Gasteiger partial charge in [-0.3, -0.25) is 0 Å². The SMILES string of the molecule is CCOC(=O)N1CCN(C2=NCCO2)CC1. The Morgan fingerprint density at radius 3 is 2.75 bits per heavy atom. The number of amides is 1. The van der Waals surface area contributed by atoms with Gasteiger partial charge in [0.05, 0.1) is 13.2 Å². The van der Waals surface area contributed by atoms with Crippen LogP contribution in [0.25, 0.3) is 0 Å². The van der Waals surface area contributed by atoms with Gasteiger partial charge in [-0.15, -0.1) is 0 Å². The summed E-state index contributed by atoms with van der Waals surface area (Å²) in [5, 5.41) is 0. The highest BCUT2D eigenvalue weighted by Crippen LogP contribution is 2.07. The van der Waals surface area contributed by atoms with Crippen molar-refractivity contribution in [3.8, 4) is 0 Å². The van der Waals surface area contributed by atoms with Gasteiger partial charge in [0.1, 0.15) is 6.61 Å². The molecular weight excluding hydrogens is 210 g/mol. The van der Waals surface area contributed by atoms with E-state index in [2.05, 4.69) is 9.89 Å². The van der Waals surface area contributed by atoms with Crippen LogP contribution in [0.1, 0.15) is 6.92 Å². The van der Waals surface area contributed by atoms with Gasteiger partial charge in [-0.25, -0.2) is 9.79 Å². The summed E-state index contributed by atoms with van der Waals surface area (Å²) in [7, 11) is 0. The third-order valence-corrected chi connectivity index (χ3v) is 2.65. The lowest BCUT2D eigenvalue weighted by Crippen LogP contribution is -2.50. The molecule has 90 valence electrons. The van der Waals surface area contributed by atoms with Gasteiger partial charge in [0.25, 0.3) is 6.02 Å². The number of carbonyl (C=O) groups excluding carboxylic acids is 1. The van der Waals surface area contributed by atoms with E-state index in [1.54, 1.807) is 4.90 Å². The first-order chi connectivity index (χ1) is 7.81. The van der Waals surface area contributed by atoms with Crippen molar-refractivity contribution in [2.45, 2.75) is 6.92 Å². The van der Waals surface area contributed by atoms with Crippen molar-refractivity contribution in [3.05, 3.63) is 0 Å². The summed E-state index contributed by atoms with van der Waals surface area (Å²) in [6.45, 7) is 6.52. The molecular formula is C10H17N3O3. The molecule has 0 aromatic carbocycles. The number of rotatable bonds is 1. The van der Waals surface area contributed by atoms with Crippen molar-refractivity contribution in [1.82, 2.24) is 9.80 Å². The van der Waals surface area contributed by atoms with Crippen LogP contribution in [0.3, 0.4) is 0 Å². The predicted octanol–water partition coefficient (Wildman–Crippen LogP) is 0.147. The second-order valence-corrected chi connectivity index (χ2v) is 3.69. The maximum Gasteiger partial charge on any atom is 0.409 e. The molecule has 2 rings (SSSR count). The molecule has 1 amide bonds. The van der Waals surface area contributed by atoms with Crippen LogP contribution in [0.2, 0.25) is 0 Å². The fraction of sp³-hybridized carbons (Fsp3) is 0.800. The van der Waals surface area contributed by atoms with Crippen molar-refractivity contribution >= 4 is 12.1 Å². The summed E-state index contributed by atoms with van der Waals surface area (Å²) in [6.07, 6.45) is -0.226. The standard InChI is InChI=1S/C10H17N3O3/c1-2-15-10(14)13-6-4-12(5-7-13)9-11-3-8-16-9/h2-8H2,1H3. The third kappa shape index (κ3) is 2.37. The van der Waals surface area contributed by atoms with Crippen molar-refractivity contribution in [2.24, 2.45) is 4.99 Å². The Balaban J connectivity index is 1.80. The van der Waals surface area contributed by atoms with E-state index in [4.69, 9.17) is 9.47 Å². The van der Waals surface area contributed by atoms with Crippen LogP contribution in [-0.4, -0.2) is 67.9 Å². The highest BCUT2D eigenvalue weighted by molar-refractivity contribution is 5.75. The first-order valence-electron chi connectivity index (χ1n) is 5.65. The first-order valence-corrected chi connectivity index (χ1v) is 5.65. The van der Waals surface area contributed by atoms with Crippen LogP contribution in [0.15, 0.2) is 4.99 Å². The zero-order valence-corrected chi connectivity index (χ0v) is 9.52. The van der Waals surface area contributed by atoms with Gasteiger partial charge in [-0.05, 0) is 6.92 Å². The summed E-state index contributed by atoms with van der Waals surface area (Å²) in [4.78, 5) is 19.5. The summed E-state index contributed by atoms with van der Waals surface area (Å²) >= 11 is 0. The van der Waals surface area contributed by atoms with E-state index in [-0.39, 0.29) is 6.09 Å². The number of aliphatic imine (C=N–C) groups is 1. The average Bonchev–Trinajstić information content (AvgIpc) is 2.83. The lowest BCUT2D eigenvalue weighted by Gasteiger charge is -2.34. The van der Waals surface area contributed by atoms with E-state index in [0.717, 1.165) is 25.7 Å². The van der Waals surface area contributed by atoms with Crippen LogP contribution in [0.4, 0.5) is 4.79 Å². The number of amidine groups is 1. The topological polar surface area (TPSA) is 54.4 Å². The van der Waals surface area contributed by atoms with Crippen molar-refractivity contribution < 1.29 is 14.3 Å². The van der Waals surface area contributed by atoms with Crippen LogP contribution in [-0.2, 0) is 9.47 Å². The van der Waals surface area contributed by atoms with Gasteiger partial charge >= 0.3 is 6.09 Å². The molecule has 0 aromatic heterocycles. The van der Waals surface area contributed by atoms with Crippen LogP contribution < -0.4 is 0 Å². The molecule has 0 aliphatic carbocycles. The molecule has 2 aliphatic rings. The second kappa shape index (κ2) is 5.05. The van der Waals surface area contributed by atoms with Gasteiger partial charge < -0.3 is 19.3 Å². The predicted molar refractivity (Wildman–Crippen MR) is 58.4 cm³/mol. The summed E-state index contributed by atoms with van der Waals surface area (Å²) in [6, 6.07) is 0.725. The zero-order valence-electron chi connectivity index (χ0n) is 9.52. The van der Waals surface area contributed by atoms with Crippen LogP contribution >= 0.6 is 0 Å². The number of piperazine rings is 1. The smallest absolute Gasteiger partial charge is 0.409 e. The van der Waals surface area contributed by atoms with Gasteiger partial charge in [-0.1, -0.05) is 0 Å². The third-order valence-electron chi connectivity index (χ3n) is 2.65. The zero-order chi connectivity index (χ0) is 11.4. The molecule has 0 radical (unpaired) electrons. The number of ether oxygens (including phenoxy) is 2. The van der Waals surface area contributed by atoms with Gasteiger partial charge in [0.15, 0.2) is 0 Å². The Morgan fingerprint density at radius 2 is 2.19 bits per heavy atom. The largest absolute Gasteiger partial charge is 0.463 e. The molecule has 0 saturated carbocycles. The van der Waals surface area contributed by atoms with Gasteiger partial charge in [0.2, 0.25) is 0 Å². The highest BCUT2D eigenvalue weighted by Gasteiger charge is 2.25. The van der Waals surface area contributed by atoms with Crippen molar-refractivity contribution in [1.29, 1.82) is 0 Å². The van der Waals surface area contributed by atoms with E-state index < -0.39 is 0 Å². The van der Waals surface area contributed by atoms with Crippen LogP contribution in [0, 0.1) is 0 Å². The van der Waals surface area contributed by atoms with E-state index >= 15 is 0 Å². The van der Waals surface area contributed by atoms with Crippen molar-refractivity contribution in [3.63, 3.8) is 0 Å². The fourth-order valence-corrected chi connectivity index (χ4v) is 1.81. The van der Waals surface area contributed by atoms with Crippen molar-refractivity contribution in [2.75, 3.05) is 45.9 Å². The van der Waals surface area contributed by atoms with E-state index in [9.17, 15) is 4.79 Å². The molecule has 0 aromatic rings. The molecule has 1 saturated heterocycles. The monoisotopic (exact) mass is 227 g/mol. The Morgan fingerprint density at radius 1 is 1.44 bits per heavy atom. The molecule has 0 spiro atoms. The normalized spacial score (nSPS) is 20.4. The average molecular weight is 227 g/mol. The lowest BCUT2D eigenvalue weighted by atomic mass is 10.3. The minimum Gasteiger partial charge on any atom is -0.463 e. The summed E-state index contributed by atoms with van der Waals surface area (Å²) in [5.74, 6) is 0. The molecule has 1 fully saturated rings. The Hall–Kier alpha value is -1.46. The van der Waals surface area contributed by atoms with E-state index in [1.807, 2.05) is 6.92 Å². The van der Waals surface area contributed by atoms with Gasteiger partial charge in [0, 0.05) is 26.2 Å². The number of nitrogens with zero attached hydrogens (tertiary/aromatic N) is 3. The minimum absolute atomic E-state index is 0.226. The minimum atomic E-state index is -0.226. The fourth-order valence-electron chi connectivity index (χ4n) is 1.81. The number of carbonyl (C=O) groups is 1. The molecule has 0 atom stereocenters. The second-order valence-electron chi connectivity index (χ2n) is 3.69. The molecule has 0 unspecified atom stereocenters. The Kier molecular flexibility index (Phi) is 3.48. The first kappa shape index (κ1) is 11.0. The maximum absolute atomic E-state index is 11.4. The molecule has 16 heavy (non-hydrogen) atoms. The molecule has 6 nitrogen and oxygen atoms in total. The summed E-state index contributed by atoms with van der Waals surface area (Å²) in [5.41, 5.74) is 0. The molecule has 6 heteroatoms. The molecule has 0 bridgehead atoms. The number of hydrogen-bond donors (Lipinski definition) is 0. The van der Waals surface area contributed by atoms with E-state index in [0.29, 0.717) is 26.3 Å². The Bertz CT molecular complexity index is 285. The lowest BCUT2D eigenvalue weighted by molar-refractivity contribution is 0.0879. The Labute approximate surface area is 94.8 Å². The molecule has 0 N–H and O–H groups in total.